The summed E-state index contributed by atoms with van der Waals surface area (Å²) < 4.78 is 38.2. The Morgan fingerprint density at radius 1 is 0.789 bits per heavy atom. The van der Waals surface area contributed by atoms with Gasteiger partial charge >= 0.3 is 7.69 Å². The molecular weight excluding hydrogens is 385 g/mol. The number of halogens is 4. The SMILES string of the molecule is Fc1cc(Br)ccc1OBOc1ccc(Br)cc1F. The van der Waals surface area contributed by atoms with Crippen LogP contribution in [0.5, 0.6) is 11.5 Å². The van der Waals surface area contributed by atoms with Crippen LogP contribution in [0, 0.1) is 11.6 Å². The molecule has 98 valence electrons. The molecule has 0 aromatic heterocycles. The highest BCUT2D eigenvalue weighted by Gasteiger charge is 2.08. The lowest BCUT2D eigenvalue weighted by atomic mass is 10.3. The van der Waals surface area contributed by atoms with E-state index in [1.54, 1.807) is 12.1 Å². The van der Waals surface area contributed by atoms with Crippen LogP contribution in [0.25, 0.3) is 0 Å². The molecule has 0 amide bonds. The van der Waals surface area contributed by atoms with Crippen LogP contribution in [0.3, 0.4) is 0 Å². The monoisotopic (exact) mass is 390 g/mol. The van der Waals surface area contributed by atoms with Gasteiger partial charge in [-0.05, 0) is 36.4 Å². The van der Waals surface area contributed by atoms with Crippen LogP contribution in [0.1, 0.15) is 0 Å². The van der Waals surface area contributed by atoms with Crippen LogP contribution in [0.15, 0.2) is 45.3 Å². The van der Waals surface area contributed by atoms with E-state index in [1.807, 2.05) is 0 Å². The van der Waals surface area contributed by atoms with Gasteiger partial charge in [0.05, 0.1) is 0 Å². The van der Waals surface area contributed by atoms with Crippen molar-refractivity contribution in [1.82, 2.24) is 0 Å². The van der Waals surface area contributed by atoms with Crippen molar-refractivity contribution >= 4 is 39.5 Å². The minimum atomic E-state index is -0.519. The van der Waals surface area contributed by atoms with E-state index in [1.165, 1.54) is 24.3 Å². The number of hydrogen-bond donors (Lipinski definition) is 0. The van der Waals surface area contributed by atoms with Crippen molar-refractivity contribution in [2.24, 2.45) is 0 Å². The highest BCUT2D eigenvalue weighted by molar-refractivity contribution is 9.10. The molecule has 0 fully saturated rings. The molecule has 2 aromatic carbocycles. The third-order valence-electron chi connectivity index (χ3n) is 2.22. The maximum absolute atomic E-state index is 13.4. The second-order valence-electron chi connectivity index (χ2n) is 3.56. The zero-order valence-electron chi connectivity index (χ0n) is 9.50. The first-order valence-electron chi connectivity index (χ1n) is 5.22. The molecule has 0 saturated heterocycles. The fraction of sp³-hybridized carbons (Fsp3) is 0. The van der Waals surface area contributed by atoms with Crippen molar-refractivity contribution in [1.29, 1.82) is 0 Å². The van der Waals surface area contributed by atoms with Crippen LogP contribution in [-0.4, -0.2) is 7.69 Å². The molecule has 0 spiro atoms. The molecule has 0 heterocycles. The van der Waals surface area contributed by atoms with Crippen molar-refractivity contribution in [2.45, 2.75) is 0 Å². The summed E-state index contributed by atoms with van der Waals surface area (Å²) in [4.78, 5) is 0. The second-order valence-corrected chi connectivity index (χ2v) is 5.39. The van der Waals surface area contributed by atoms with Gasteiger partial charge < -0.3 is 9.31 Å². The summed E-state index contributed by atoms with van der Waals surface area (Å²) in [7, 11) is -0.281. The van der Waals surface area contributed by atoms with E-state index < -0.39 is 11.6 Å². The topological polar surface area (TPSA) is 18.5 Å². The molecule has 0 N–H and O–H groups in total. The Morgan fingerprint density at radius 3 is 1.58 bits per heavy atom. The molecule has 0 aliphatic heterocycles. The standard InChI is InChI=1S/C12H7BBr2F2O2/c14-7-1-3-11(9(16)5-7)18-13-19-12-4-2-8(15)6-10(12)17/h1-6,13H. The quantitative estimate of drug-likeness (QED) is 0.727. The van der Waals surface area contributed by atoms with E-state index in [4.69, 9.17) is 9.31 Å². The lowest BCUT2D eigenvalue weighted by molar-refractivity contribution is 0.421. The van der Waals surface area contributed by atoms with Crippen molar-refractivity contribution in [2.75, 3.05) is 0 Å². The molecular formula is C12H7BBr2F2O2. The van der Waals surface area contributed by atoms with Crippen molar-refractivity contribution in [3.05, 3.63) is 57.0 Å². The second kappa shape index (κ2) is 6.39. The van der Waals surface area contributed by atoms with Crippen molar-refractivity contribution < 1.29 is 18.1 Å². The van der Waals surface area contributed by atoms with Gasteiger partial charge in [-0.1, -0.05) is 31.9 Å². The Morgan fingerprint density at radius 2 is 1.21 bits per heavy atom. The summed E-state index contributed by atoms with van der Waals surface area (Å²) in [6.07, 6.45) is 0. The zero-order valence-corrected chi connectivity index (χ0v) is 12.7. The average Bonchev–Trinajstić information content (AvgIpc) is 2.34. The Hall–Kier alpha value is -1.08. The Balaban J connectivity index is 1.96. The Bertz CT molecular complexity index is 544. The molecule has 0 aliphatic carbocycles. The molecule has 0 atom stereocenters. The van der Waals surface area contributed by atoms with Gasteiger partial charge in [0.25, 0.3) is 0 Å². The summed E-state index contributed by atoms with van der Waals surface area (Å²) in [5.74, 6) is -0.954. The zero-order chi connectivity index (χ0) is 13.8. The fourth-order valence-corrected chi connectivity index (χ4v) is 2.01. The number of benzene rings is 2. The minimum absolute atomic E-state index is 0.0423. The van der Waals surface area contributed by atoms with Gasteiger partial charge in [-0.3, -0.25) is 0 Å². The van der Waals surface area contributed by atoms with Gasteiger partial charge in [0.2, 0.25) is 0 Å². The maximum Gasteiger partial charge on any atom is 0.576 e. The first-order chi connectivity index (χ1) is 9.06. The molecule has 7 heteroatoms. The van der Waals surface area contributed by atoms with Gasteiger partial charge in [-0.15, -0.1) is 0 Å². The molecule has 0 bridgehead atoms. The van der Waals surface area contributed by atoms with Crippen LogP contribution in [-0.2, 0) is 0 Å². The first-order valence-corrected chi connectivity index (χ1v) is 6.80. The van der Waals surface area contributed by atoms with Gasteiger partial charge in [0.1, 0.15) is 11.5 Å². The molecule has 0 saturated carbocycles. The molecule has 19 heavy (non-hydrogen) atoms. The third-order valence-corrected chi connectivity index (χ3v) is 3.20. The molecule has 2 aromatic rings. The highest BCUT2D eigenvalue weighted by atomic mass is 79.9. The van der Waals surface area contributed by atoms with Crippen LogP contribution in [0.2, 0.25) is 0 Å². The highest BCUT2D eigenvalue weighted by Crippen LogP contribution is 2.23. The normalized spacial score (nSPS) is 10.1. The van der Waals surface area contributed by atoms with Gasteiger partial charge in [-0.2, -0.15) is 0 Å². The summed E-state index contributed by atoms with van der Waals surface area (Å²) in [6, 6.07) is 8.74. The summed E-state index contributed by atoms with van der Waals surface area (Å²) in [5, 5.41) is 0. The summed E-state index contributed by atoms with van der Waals surface area (Å²) in [5.41, 5.74) is 0. The number of rotatable bonds is 4. The lowest BCUT2D eigenvalue weighted by Gasteiger charge is -2.09. The molecule has 0 unspecified atom stereocenters. The smallest absolute Gasteiger partial charge is 0.526 e. The Labute approximate surface area is 126 Å². The molecule has 0 aliphatic rings. The van der Waals surface area contributed by atoms with Crippen LogP contribution in [0.4, 0.5) is 8.78 Å². The van der Waals surface area contributed by atoms with Gasteiger partial charge in [-0.25, -0.2) is 8.78 Å². The van der Waals surface area contributed by atoms with E-state index >= 15 is 0 Å². The molecule has 2 nitrogen and oxygen atoms in total. The minimum Gasteiger partial charge on any atom is -0.526 e. The third kappa shape index (κ3) is 3.94. The molecule has 0 radical (unpaired) electrons. The van der Waals surface area contributed by atoms with E-state index in [-0.39, 0.29) is 19.2 Å². The molecule has 2 rings (SSSR count). The fourth-order valence-electron chi connectivity index (χ4n) is 1.34. The number of hydrogen-bond acceptors (Lipinski definition) is 2. The largest absolute Gasteiger partial charge is 0.576 e. The Kier molecular flexibility index (Phi) is 4.82. The lowest BCUT2D eigenvalue weighted by Crippen LogP contribution is -2.12. The van der Waals surface area contributed by atoms with E-state index in [0.717, 1.165) is 0 Å². The average molecular weight is 392 g/mol. The summed E-state index contributed by atoms with van der Waals surface area (Å²) >= 11 is 6.27. The van der Waals surface area contributed by atoms with Gasteiger partial charge in [0, 0.05) is 8.95 Å². The van der Waals surface area contributed by atoms with Crippen molar-refractivity contribution in [3.63, 3.8) is 0 Å². The predicted octanol–water partition coefficient (Wildman–Crippen LogP) is 4.21. The maximum atomic E-state index is 13.4. The van der Waals surface area contributed by atoms with Crippen molar-refractivity contribution in [3.8, 4) is 11.5 Å². The van der Waals surface area contributed by atoms with E-state index in [2.05, 4.69) is 31.9 Å². The van der Waals surface area contributed by atoms with Gasteiger partial charge in [0.15, 0.2) is 11.6 Å². The van der Waals surface area contributed by atoms with Crippen LogP contribution < -0.4 is 9.31 Å². The van der Waals surface area contributed by atoms with E-state index in [9.17, 15) is 8.78 Å². The predicted molar refractivity (Wildman–Crippen MR) is 76.6 cm³/mol. The first kappa shape index (κ1) is 14.3. The van der Waals surface area contributed by atoms with Crippen LogP contribution >= 0.6 is 31.9 Å². The van der Waals surface area contributed by atoms with E-state index in [0.29, 0.717) is 8.95 Å². The summed E-state index contributed by atoms with van der Waals surface area (Å²) in [6.45, 7) is 0.